The van der Waals surface area contributed by atoms with E-state index in [1.54, 1.807) is 6.20 Å². The Morgan fingerprint density at radius 1 is 1.29 bits per heavy atom. The number of benzene rings is 1. The number of anilines is 1. The van der Waals surface area contributed by atoms with Gasteiger partial charge in [-0.3, -0.25) is 0 Å². The second-order valence-corrected chi connectivity index (χ2v) is 6.78. The van der Waals surface area contributed by atoms with E-state index in [1.807, 2.05) is 36.4 Å². The minimum Gasteiger partial charge on any atom is -0.326 e. The van der Waals surface area contributed by atoms with Crippen molar-refractivity contribution < 1.29 is 4.79 Å². The molecule has 2 N–H and O–H groups in total. The first-order valence-corrected chi connectivity index (χ1v) is 8.69. The van der Waals surface area contributed by atoms with Crippen molar-refractivity contribution in [2.24, 2.45) is 10.7 Å². The molecule has 5 nitrogen and oxygen atoms in total. The Kier molecular flexibility index (Phi) is 4.97. The van der Waals surface area contributed by atoms with Crippen molar-refractivity contribution in [1.82, 2.24) is 4.98 Å². The van der Waals surface area contributed by atoms with Gasteiger partial charge in [0.15, 0.2) is 5.17 Å². The number of pyridine rings is 1. The van der Waals surface area contributed by atoms with Crippen LogP contribution in [0.3, 0.4) is 0 Å². The molecule has 0 fully saturated rings. The van der Waals surface area contributed by atoms with Crippen LogP contribution in [0.25, 0.3) is 0 Å². The fourth-order valence-electron chi connectivity index (χ4n) is 2.65. The van der Waals surface area contributed by atoms with Crippen LogP contribution < -0.4 is 10.6 Å². The van der Waals surface area contributed by atoms with Gasteiger partial charge in [-0.25, -0.2) is 9.98 Å². The number of fused-ring (bicyclic) bond motifs is 1. The first-order valence-electron chi connectivity index (χ1n) is 7.88. The molecule has 1 aromatic carbocycles. The second kappa shape index (κ2) is 7.15. The lowest BCUT2D eigenvalue weighted by Crippen LogP contribution is -2.37. The smallest absolute Gasteiger partial charge is 0.171 e. The van der Waals surface area contributed by atoms with E-state index in [0.29, 0.717) is 6.54 Å². The van der Waals surface area contributed by atoms with E-state index < -0.39 is 6.04 Å². The Labute approximate surface area is 146 Å². The number of thioether (sulfide) groups is 1. The van der Waals surface area contributed by atoms with Gasteiger partial charge in [0.2, 0.25) is 0 Å². The van der Waals surface area contributed by atoms with Crippen LogP contribution in [0.1, 0.15) is 31.0 Å². The Bertz CT molecular complexity index is 758. The highest BCUT2D eigenvalue weighted by molar-refractivity contribution is 8.14. The zero-order valence-electron chi connectivity index (χ0n) is 13.7. The largest absolute Gasteiger partial charge is 0.326 e. The molecule has 0 radical (unpaired) electrons. The monoisotopic (exact) mass is 340 g/mol. The number of carbonyl (C=O) groups is 1. The van der Waals surface area contributed by atoms with Crippen molar-refractivity contribution in [3.8, 4) is 0 Å². The molecule has 1 aromatic heterocycles. The van der Waals surface area contributed by atoms with Gasteiger partial charge in [0, 0.05) is 30.0 Å². The number of nitrogens with two attached hydrogens (primary N) is 1. The molecule has 1 aliphatic heterocycles. The van der Waals surface area contributed by atoms with Crippen LogP contribution in [0.4, 0.5) is 5.69 Å². The third kappa shape index (κ3) is 3.20. The van der Waals surface area contributed by atoms with Gasteiger partial charge >= 0.3 is 0 Å². The molecule has 124 valence electrons. The number of carbonyl (C=O) groups excluding carboxylic acids is 1. The van der Waals surface area contributed by atoms with Gasteiger partial charge in [0.1, 0.15) is 17.4 Å². The van der Waals surface area contributed by atoms with Crippen molar-refractivity contribution >= 4 is 28.9 Å². The van der Waals surface area contributed by atoms with E-state index in [2.05, 4.69) is 28.7 Å². The molecule has 0 amide bonds. The Morgan fingerprint density at radius 2 is 2.04 bits per heavy atom. The van der Waals surface area contributed by atoms with Crippen LogP contribution in [0.2, 0.25) is 0 Å². The molecule has 0 aliphatic carbocycles. The van der Waals surface area contributed by atoms with E-state index in [9.17, 15) is 4.79 Å². The molecule has 0 spiro atoms. The lowest BCUT2D eigenvalue weighted by Gasteiger charge is -2.32. The van der Waals surface area contributed by atoms with Gasteiger partial charge in [0.25, 0.3) is 0 Å². The molecule has 1 aliphatic rings. The van der Waals surface area contributed by atoms with Gasteiger partial charge in [-0.15, -0.1) is 0 Å². The summed E-state index contributed by atoms with van der Waals surface area (Å²) in [5.41, 5.74) is 8.65. The number of aliphatic imine (C=N–C) groups is 1. The first-order chi connectivity index (χ1) is 11.6. The molecule has 0 bridgehead atoms. The number of aldehydes is 1. The summed E-state index contributed by atoms with van der Waals surface area (Å²) in [4.78, 5) is 22.7. The molecule has 0 saturated carbocycles. The number of aromatic nitrogens is 1. The Hall–Kier alpha value is -2.18. The van der Waals surface area contributed by atoms with Crippen molar-refractivity contribution in [1.29, 1.82) is 0 Å². The van der Waals surface area contributed by atoms with Crippen molar-refractivity contribution in [2.45, 2.75) is 37.5 Å². The predicted molar refractivity (Wildman–Crippen MR) is 98.3 cm³/mol. The molecular weight excluding hydrogens is 320 g/mol. The van der Waals surface area contributed by atoms with Crippen LogP contribution in [-0.2, 0) is 11.3 Å². The lowest BCUT2D eigenvalue weighted by molar-refractivity contribution is -0.109. The first kappa shape index (κ1) is 16.7. The topological polar surface area (TPSA) is 71.6 Å². The highest BCUT2D eigenvalue weighted by Crippen LogP contribution is 2.36. The maximum atomic E-state index is 11.5. The average molecular weight is 340 g/mol. The zero-order valence-corrected chi connectivity index (χ0v) is 14.5. The van der Waals surface area contributed by atoms with Crippen molar-refractivity contribution in [3.63, 3.8) is 0 Å². The molecule has 1 atom stereocenters. The number of hydrogen-bond acceptors (Lipinski definition) is 6. The Morgan fingerprint density at radius 3 is 2.67 bits per heavy atom. The average Bonchev–Trinajstić information content (AvgIpc) is 2.61. The maximum absolute atomic E-state index is 11.5. The predicted octanol–water partition coefficient (Wildman–Crippen LogP) is 3.16. The Balaban J connectivity index is 2.00. The van der Waals surface area contributed by atoms with Crippen LogP contribution in [0, 0.1) is 0 Å². The quantitative estimate of drug-likeness (QED) is 0.866. The fraction of sp³-hybridized carbons (Fsp3) is 0.278. The minimum atomic E-state index is -0.505. The zero-order chi connectivity index (χ0) is 17.1. The van der Waals surface area contributed by atoms with Crippen LogP contribution in [0.5, 0.6) is 0 Å². The van der Waals surface area contributed by atoms with E-state index in [4.69, 9.17) is 5.73 Å². The normalized spacial score (nSPS) is 16.5. The van der Waals surface area contributed by atoms with Crippen LogP contribution >= 0.6 is 11.8 Å². The van der Waals surface area contributed by atoms with E-state index in [0.717, 1.165) is 33.3 Å². The maximum Gasteiger partial charge on any atom is 0.171 e. The summed E-state index contributed by atoms with van der Waals surface area (Å²) in [7, 11) is 0. The van der Waals surface area contributed by atoms with Gasteiger partial charge in [0.05, 0.1) is 0 Å². The lowest BCUT2D eigenvalue weighted by atomic mass is 10.1. The van der Waals surface area contributed by atoms with Crippen LogP contribution in [-0.4, -0.2) is 22.5 Å². The third-order valence-electron chi connectivity index (χ3n) is 3.86. The van der Waals surface area contributed by atoms with Gasteiger partial charge in [-0.2, -0.15) is 0 Å². The molecule has 3 rings (SSSR count). The van der Waals surface area contributed by atoms with Crippen LogP contribution in [0.15, 0.2) is 52.6 Å². The highest BCUT2D eigenvalue weighted by Gasteiger charge is 2.28. The van der Waals surface area contributed by atoms with Crippen molar-refractivity contribution in [3.05, 3.63) is 53.7 Å². The van der Waals surface area contributed by atoms with E-state index in [1.165, 1.54) is 11.8 Å². The summed E-state index contributed by atoms with van der Waals surface area (Å²) < 4.78 is 0. The van der Waals surface area contributed by atoms with E-state index >= 15 is 0 Å². The number of hydrogen-bond donors (Lipinski definition) is 1. The van der Waals surface area contributed by atoms with Gasteiger partial charge in [-0.05, 0) is 49.4 Å². The number of rotatable bonds is 4. The highest BCUT2D eigenvalue weighted by atomic mass is 32.2. The second-order valence-electron chi connectivity index (χ2n) is 5.83. The molecule has 6 heteroatoms. The summed E-state index contributed by atoms with van der Waals surface area (Å²) in [6.07, 6.45) is 2.61. The third-order valence-corrected chi connectivity index (χ3v) is 4.88. The van der Waals surface area contributed by atoms with Gasteiger partial charge in [-0.1, -0.05) is 18.2 Å². The van der Waals surface area contributed by atoms with Gasteiger partial charge < -0.3 is 15.4 Å². The standard InChI is InChI=1S/C18H20N4OS/c1-12(2)22(14-7-5-13(10-19)6-8-14)18-21-16(11-23)15-4-3-9-20-17(15)24-18/h3-9,11-12,16H,10,19H2,1-2H3. The molecule has 0 saturated heterocycles. The molecule has 2 aromatic rings. The summed E-state index contributed by atoms with van der Waals surface area (Å²) in [5.74, 6) is 0. The molecule has 2 heterocycles. The SMILES string of the molecule is CC(C)N(C1=NC(C=O)c2cccnc2S1)c1ccc(CN)cc1. The molecule has 24 heavy (non-hydrogen) atoms. The fourth-order valence-corrected chi connectivity index (χ4v) is 3.83. The number of amidine groups is 1. The summed E-state index contributed by atoms with van der Waals surface area (Å²) in [6, 6.07) is 11.5. The summed E-state index contributed by atoms with van der Waals surface area (Å²) in [5, 5.41) is 1.62. The number of nitrogens with zero attached hydrogens (tertiary/aromatic N) is 3. The summed E-state index contributed by atoms with van der Waals surface area (Å²) in [6.45, 7) is 4.72. The molecular formula is C18H20N4OS. The molecule has 1 unspecified atom stereocenters. The summed E-state index contributed by atoms with van der Waals surface area (Å²) >= 11 is 1.50. The van der Waals surface area contributed by atoms with Crippen molar-refractivity contribution in [2.75, 3.05) is 4.90 Å². The minimum absolute atomic E-state index is 0.192. The van der Waals surface area contributed by atoms with E-state index in [-0.39, 0.29) is 6.04 Å².